The van der Waals surface area contributed by atoms with Crippen LogP contribution in [0.3, 0.4) is 0 Å². The van der Waals surface area contributed by atoms with Gasteiger partial charge in [-0.3, -0.25) is 4.99 Å². The summed E-state index contributed by atoms with van der Waals surface area (Å²) in [6.45, 7) is 11.5. The van der Waals surface area contributed by atoms with Crippen molar-refractivity contribution >= 4 is 36.0 Å². The Morgan fingerprint density at radius 2 is 1.80 bits per heavy atom. The molecular formula is C18H31IN4O2. The van der Waals surface area contributed by atoms with Gasteiger partial charge in [0.2, 0.25) is 0 Å². The van der Waals surface area contributed by atoms with Gasteiger partial charge in [-0.2, -0.15) is 0 Å². The van der Waals surface area contributed by atoms with Crippen molar-refractivity contribution in [1.29, 1.82) is 0 Å². The van der Waals surface area contributed by atoms with Gasteiger partial charge in [0.15, 0.2) is 5.96 Å². The summed E-state index contributed by atoms with van der Waals surface area (Å²) < 4.78 is 5.35. The molecular weight excluding hydrogens is 431 g/mol. The molecule has 1 atom stereocenters. The van der Waals surface area contributed by atoms with Gasteiger partial charge in [-0.15, -0.1) is 24.0 Å². The molecule has 1 amide bonds. The third kappa shape index (κ3) is 8.94. The zero-order chi connectivity index (χ0) is 18.2. The van der Waals surface area contributed by atoms with E-state index < -0.39 is 11.7 Å². The van der Waals surface area contributed by atoms with Crippen LogP contribution >= 0.6 is 24.0 Å². The first-order valence-electron chi connectivity index (χ1n) is 8.36. The molecule has 0 saturated heterocycles. The second kappa shape index (κ2) is 11.2. The van der Waals surface area contributed by atoms with Crippen LogP contribution in [0.25, 0.3) is 0 Å². The highest BCUT2D eigenvalue weighted by atomic mass is 127. The number of benzene rings is 1. The fourth-order valence-corrected chi connectivity index (χ4v) is 2.20. The highest BCUT2D eigenvalue weighted by molar-refractivity contribution is 14.0. The van der Waals surface area contributed by atoms with Crippen molar-refractivity contribution in [3.05, 3.63) is 35.9 Å². The minimum Gasteiger partial charge on any atom is -0.444 e. The average Bonchev–Trinajstić information content (AvgIpc) is 2.51. The van der Waals surface area contributed by atoms with E-state index in [9.17, 15) is 4.79 Å². The number of carbonyl (C=O) groups excluding carboxylic acids is 1. The lowest BCUT2D eigenvalue weighted by molar-refractivity contribution is 0.0505. The van der Waals surface area contributed by atoms with Gasteiger partial charge < -0.3 is 20.7 Å². The van der Waals surface area contributed by atoms with Crippen LogP contribution in [0, 0.1) is 0 Å². The number of rotatable bonds is 6. The minimum absolute atomic E-state index is 0. The predicted octanol–water partition coefficient (Wildman–Crippen LogP) is 3.53. The normalized spacial score (nSPS) is 12.8. The predicted molar refractivity (Wildman–Crippen MR) is 113 cm³/mol. The molecule has 0 fully saturated rings. The van der Waals surface area contributed by atoms with Crippen LogP contribution in [0.15, 0.2) is 35.3 Å². The molecule has 0 heterocycles. The number of aliphatic imine (C=N–C) groups is 1. The molecule has 7 heteroatoms. The van der Waals surface area contributed by atoms with E-state index in [4.69, 9.17) is 10.5 Å². The molecule has 25 heavy (non-hydrogen) atoms. The quantitative estimate of drug-likeness (QED) is 0.385. The number of alkyl carbamates (subject to hydrolysis) is 1. The van der Waals surface area contributed by atoms with Crippen molar-refractivity contribution in [3.63, 3.8) is 0 Å². The molecule has 0 aromatic heterocycles. The lowest BCUT2D eigenvalue weighted by Gasteiger charge is -2.24. The fourth-order valence-electron chi connectivity index (χ4n) is 2.20. The summed E-state index contributed by atoms with van der Waals surface area (Å²) in [7, 11) is 0. The maximum atomic E-state index is 12.1. The zero-order valence-electron chi connectivity index (χ0n) is 15.8. The monoisotopic (exact) mass is 462 g/mol. The van der Waals surface area contributed by atoms with E-state index in [1.807, 2.05) is 69.9 Å². The fraction of sp³-hybridized carbons (Fsp3) is 0.556. The minimum atomic E-state index is -0.547. The van der Waals surface area contributed by atoms with Crippen LogP contribution < -0.4 is 11.1 Å². The van der Waals surface area contributed by atoms with Crippen molar-refractivity contribution in [2.75, 3.05) is 19.6 Å². The Labute approximate surface area is 168 Å². The lowest BCUT2D eigenvalue weighted by Crippen LogP contribution is -2.39. The number of nitrogens with zero attached hydrogens (tertiary/aromatic N) is 2. The number of guanidine groups is 1. The number of halogens is 1. The van der Waals surface area contributed by atoms with Gasteiger partial charge >= 0.3 is 6.09 Å². The Bertz CT molecular complexity index is 540. The molecule has 0 bridgehead atoms. The number of ether oxygens (including phenoxy) is 1. The molecule has 0 aliphatic rings. The Morgan fingerprint density at radius 1 is 1.24 bits per heavy atom. The van der Waals surface area contributed by atoms with Crippen molar-refractivity contribution < 1.29 is 9.53 Å². The zero-order valence-corrected chi connectivity index (χ0v) is 18.1. The molecule has 0 aliphatic heterocycles. The molecule has 1 unspecified atom stereocenters. The second-order valence-corrected chi connectivity index (χ2v) is 6.48. The first-order valence-corrected chi connectivity index (χ1v) is 8.36. The van der Waals surface area contributed by atoms with E-state index in [1.165, 1.54) is 0 Å². The molecule has 0 radical (unpaired) electrons. The Kier molecular flexibility index (Phi) is 10.5. The molecule has 1 aromatic rings. The maximum Gasteiger partial charge on any atom is 0.408 e. The number of nitrogens with one attached hydrogen (secondary N) is 1. The summed E-state index contributed by atoms with van der Waals surface area (Å²) in [6.07, 6.45) is -0.465. The molecule has 1 aromatic carbocycles. The van der Waals surface area contributed by atoms with Crippen molar-refractivity contribution in [2.45, 2.75) is 46.3 Å². The molecule has 1 rings (SSSR count). The SMILES string of the molecule is CCN(CC)C(N)=NCC(NC(=O)OC(C)(C)C)c1ccccc1.I. The molecule has 6 nitrogen and oxygen atoms in total. The van der Waals surface area contributed by atoms with E-state index >= 15 is 0 Å². The van der Waals surface area contributed by atoms with E-state index in [0.717, 1.165) is 18.7 Å². The van der Waals surface area contributed by atoms with Crippen molar-refractivity contribution in [3.8, 4) is 0 Å². The molecule has 0 spiro atoms. The number of nitrogens with two attached hydrogens (primary N) is 1. The Hall–Kier alpha value is -1.51. The highest BCUT2D eigenvalue weighted by Gasteiger charge is 2.20. The van der Waals surface area contributed by atoms with E-state index in [-0.39, 0.29) is 30.0 Å². The van der Waals surface area contributed by atoms with Crippen LogP contribution in [0.2, 0.25) is 0 Å². The summed E-state index contributed by atoms with van der Waals surface area (Å²) in [4.78, 5) is 18.5. The Balaban J connectivity index is 0.00000576. The average molecular weight is 462 g/mol. The van der Waals surface area contributed by atoms with Crippen LogP contribution in [0.5, 0.6) is 0 Å². The molecule has 0 aliphatic carbocycles. The summed E-state index contributed by atoms with van der Waals surface area (Å²) in [5, 5.41) is 2.88. The van der Waals surface area contributed by atoms with Crippen LogP contribution in [-0.2, 0) is 4.74 Å². The van der Waals surface area contributed by atoms with Crippen molar-refractivity contribution in [1.82, 2.24) is 10.2 Å². The third-order valence-corrected chi connectivity index (χ3v) is 3.42. The van der Waals surface area contributed by atoms with E-state index in [2.05, 4.69) is 10.3 Å². The lowest BCUT2D eigenvalue weighted by atomic mass is 10.1. The molecule has 142 valence electrons. The van der Waals surface area contributed by atoms with Gasteiger partial charge in [0.1, 0.15) is 5.60 Å². The van der Waals surface area contributed by atoms with Gasteiger partial charge in [-0.1, -0.05) is 30.3 Å². The van der Waals surface area contributed by atoms with E-state index in [0.29, 0.717) is 12.5 Å². The smallest absolute Gasteiger partial charge is 0.408 e. The Morgan fingerprint density at radius 3 is 2.28 bits per heavy atom. The topological polar surface area (TPSA) is 80.0 Å². The number of hydrogen-bond donors (Lipinski definition) is 2. The van der Waals surface area contributed by atoms with Gasteiger partial charge in [-0.25, -0.2) is 4.79 Å². The highest BCUT2D eigenvalue weighted by Crippen LogP contribution is 2.15. The first kappa shape index (κ1) is 23.5. The molecule has 3 N–H and O–H groups in total. The standard InChI is InChI=1S/C18H30N4O2.HI/c1-6-22(7-2)16(19)20-13-15(14-11-9-8-10-12-14)21-17(23)24-18(3,4)5;/h8-12,15H,6-7,13H2,1-5H3,(H2,19,20)(H,21,23);1H. The summed E-state index contributed by atoms with van der Waals surface area (Å²) >= 11 is 0. The van der Waals surface area contributed by atoms with E-state index in [1.54, 1.807) is 0 Å². The summed E-state index contributed by atoms with van der Waals surface area (Å²) in [5.74, 6) is 0.479. The van der Waals surface area contributed by atoms with Gasteiger partial charge in [-0.05, 0) is 40.2 Å². The van der Waals surface area contributed by atoms with Crippen LogP contribution in [-0.4, -0.2) is 42.2 Å². The van der Waals surface area contributed by atoms with Crippen LogP contribution in [0.4, 0.5) is 4.79 Å². The molecule has 0 saturated carbocycles. The number of carbonyl (C=O) groups is 1. The summed E-state index contributed by atoms with van der Waals surface area (Å²) in [6, 6.07) is 9.39. The second-order valence-electron chi connectivity index (χ2n) is 6.48. The third-order valence-electron chi connectivity index (χ3n) is 3.42. The maximum absolute atomic E-state index is 12.1. The largest absolute Gasteiger partial charge is 0.444 e. The van der Waals surface area contributed by atoms with Gasteiger partial charge in [0.25, 0.3) is 0 Å². The first-order chi connectivity index (χ1) is 11.3. The number of hydrogen-bond acceptors (Lipinski definition) is 3. The van der Waals surface area contributed by atoms with Gasteiger partial charge in [0.05, 0.1) is 12.6 Å². The van der Waals surface area contributed by atoms with Crippen LogP contribution in [0.1, 0.15) is 46.2 Å². The van der Waals surface area contributed by atoms with Gasteiger partial charge in [0, 0.05) is 13.1 Å². The summed E-state index contributed by atoms with van der Waals surface area (Å²) in [5.41, 5.74) is 6.44. The number of amides is 1. The van der Waals surface area contributed by atoms with Crippen molar-refractivity contribution in [2.24, 2.45) is 10.7 Å².